The third-order valence-electron chi connectivity index (χ3n) is 7.01. The maximum atomic E-state index is 13.4. The number of nitrogens with zero attached hydrogens (tertiary/aromatic N) is 1. The van der Waals surface area contributed by atoms with Crippen molar-refractivity contribution in [2.24, 2.45) is 0 Å². The molecule has 5 aromatic carbocycles. The summed E-state index contributed by atoms with van der Waals surface area (Å²) >= 11 is 0. The van der Waals surface area contributed by atoms with Gasteiger partial charge in [0.15, 0.2) is 5.78 Å². The first kappa shape index (κ1) is 21.4. The first-order chi connectivity index (χ1) is 17.2. The van der Waals surface area contributed by atoms with Gasteiger partial charge in [0.2, 0.25) is 0 Å². The summed E-state index contributed by atoms with van der Waals surface area (Å²) < 4.78 is 2.39. The number of fused-ring (bicyclic) bond motifs is 5. The van der Waals surface area contributed by atoms with Crippen molar-refractivity contribution in [1.29, 1.82) is 0 Å². The van der Waals surface area contributed by atoms with Gasteiger partial charge in [0.05, 0.1) is 0 Å². The fourth-order valence-corrected chi connectivity index (χ4v) is 5.25. The van der Waals surface area contributed by atoms with Gasteiger partial charge in [-0.25, -0.2) is 0 Å². The third kappa shape index (κ3) is 3.72. The highest BCUT2D eigenvalue weighted by Crippen LogP contribution is 2.32. The van der Waals surface area contributed by atoms with E-state index in [1.54, 1.807) is 6.08 Å². The number of hydrogen-bond acceptors (Lipinski definition) is 1. The van der Waals surface area contributed by atoms with E-state index in [1.807, 2.05) is 12.1 Å². The molecule has 0 amide bonds. The van der Waals surface area contributed by atoms with Crippen LogP contribution in [0.1, 0.15) is 35.7 Å². The van der Waals surface area contributed by atoms with E-state index < -0.39 is 0 Å². The molecule has 0 aliphatic rings. The molecule has 0 unspecified atom stereocenters. The minimum absolute atomic E-state index is 0.0225. The summed E-state index contributed by atoms with van der Waals surface area (Å²) in [7, 11) is 0. The Morgan fingerprint density at radius 2 is 1.34 bits per heavy atom. The second-order valence-corrected chi connectivity index (χ2v) is 9.18. The van der Waals surface area contributed by atoms with Crippen LogP contribution >= 0.6 is 0 Å². The molecular weight excluding hydrogens is 426 g/mol. The Labute approximate surface area is 205 Å². The molecule has 0 radical (unpaired) electrons. The third-order valence-corrected chi connectivity index (χ3v) is 7.01. The zero-order valence-corrected chi connectivity index (χ0v) is 19.9. The number of ketones is 1. The minimum Gasteiger partial charge on any atom is -0.340 e. The van der Waals surface area contributed by atoms with Crippen molar-refractivity contribution in [3.8, 4) is 0 Å². The molecule has 0 atom stereocenters. The highest BCUT2D eigenvalue weighted by atomic mass is 16.1. The lowest BCUT2D eigenvalue weighted by molar-refractivity contribution is 0.104. The van der Waals surface area contributed by atoms with Gasteiger partial charge >= 0.3 is 0 Å². The summed E-state index contributed by atoms with van der Waals surface area (Å²) in [5.41, 5.74) is 4.24. The summed E-state index contributed by atoms with van der Waals surface area (Å²) in [5.74, 6) is 0.0225. The van der Waals surface area contributed by atoms with Gasteiger partial charge in [0.25, 0.3) is 0 Å². The van der Waals surface area contributed by atoms with E-state index in [0.29, 0.717) is 0 Å². The molecule has 0 aliphatic heterocycles. The van der Waals surface area contributed by atoms with Gasteiger partial charge < -0.3 is 4.57 Å². The van der Waals surface area contributed by atoms with Gasteiger partial charge in [-0.05, 0) is 76.0 Å². The van der Waals surface area contributed by atoms with Crippen LogP contribution < -0.4 is 0 Å². The SMILES string of the molecule is CCCCn1c2ccccc2c2cc(C(=O)/C=C/c3c4ccccc4cc4ccccc34)ccc21. The van der Waals surface area contributed by atoms with Gasteiger partial charge in [0.1, 0.15) is 0 Å². The van der Waals surface area contributed by atoms with Crippen molar-refractivity contribution in [2.75, 3.05) is 0 Å². The monoisotopic (exact) mass is 453 g/mol. The van der Waals surface area contributed by atoms with Crippen LogP contribution in [0.3, 0.4) is 0 Å². The number of unbranched alkanes of at least 4 members (excludes halogenated alkanes) is 1. The van der Waals surface area contributed by atoms with Crippen LogP contribution in [0.4, 0.5) is 0 Å². The van der Waals surface area contributed by atoms with Crippen LogP contribution in [0.25, 0.3) is 49.4 Å². The Morgan fingerprint density at radius 3 is 2.06 bits per heavy atom. The van der Waals surface area contributed by atoms with Crippen molar-refractivity contribution in [3.05, 3.63) is 114 Å². The molecule has 1 aromatic heterocycles. The smallest absolute Gasteiger partial charge is 0.185 e. The molecule has 1 heterocycles. The summed E-state index contributed by atoms with van der Waals surface area (Å²) in [6.07, 6.45) is 6.00. The lowest BCUT2D eigenvalue weighted by Crippen LogP contribution is -1.98. The Hall–Kier alpha value is -4.17. The quantitative estimate of drug-likeness (QED) is 0.140. The van der Waals surface area contributed by atoms with E-state index in [0.717, 1.165) is 46.7 Å². The zero-order chi connectivity index (χ0) is 23.8. The van der Waals surface area contributed by atoms with Gasteiger partial charge in [-0.2, -0.15) is 0 Å². The van der Waals surface area contributed by atoms with E-state index in [-0.39, 0.29) is 5.78 Å². The highest BCUT2D eigenvalue weighted by Gasteiger charge is 2.13. The maximum absolute atomic E-state index is 13.4. The van der Waals surface area contributed by atoms with Crippen LogP contribution in [0.15, 0.2) is 103 Å². The number of aryl methyl sites for hydroxylation is 1. The summed E-state index contributed by atoms with van der Waals surface area (Å²) in [4.78, 5) is 13.4. The number of rotatable bonds is 6. The fourth-order valence-electron chi connectivity index (χ4n) is 5.25. The van der Waals surface area contributed by atoms with E-state index >= 15 is 0 Å². The summed E-state index contributed by atoms with van der Waals surface area (Å²) in [6, 6.07) is 33.6. The van der Waals surface area contributed by atoms with Crippen molar-refractivity contribution >= 4 is 55.2 Å². The Kier molecular flexibility index (Phi) is 5.42. The molecule has 35 heavy (non-hydrogen) atoms. The maximum Gasteiger partial charge on any atom is 0.185 e. The largest absolute Gasteiger partial charge is 0.340 e. The van der Waals surface area contributed by atoms with Crippen LogP contribution in [-0.4, -0.2) is 10.4 Å². The number of hydrogen-bond donors (Lipinski definition) is 0. The predicted octanol–water partition coefficient (Wildman–Crippen LogP) is 8.80. The molecule has 0 saturated carbocycles. The standard InChI is InChI=1S/C33H27NO/c1-2-3-20-34-31-15-9-8-14-29(31)30-22-25(16-18-32(30)34)33(35)19-17-28-26-12-6-4-10-23(26)21-24-11-5-7-13-27(24)28/h4-19,21-22H,2-3,20H2,1H3/b19-17+. The second kappa shape index (κ2) is 8.88. The number of benzene rings is 5. The van der Waals surface area contributed by atoms with E-state index in [9.17, 15) is 4.79 Å². The van der Waals surface area contributed by atoms with Crippen LogP contribution in [-0.2, 0) is 6.54 Å². The van der Waals surface area contributed by atoms with Crippen molar-refractivity contribution in [3.63, 3.8) is 0 Å². The van der Waals surface area contributed by atoms with Gasteiger partial charge in [-0.3, -0.25) is 4.79 Å². The lowest BCUT2D eigenvalue weighted by atomic mass is 9.96. The summed E-state index contributed by atoms with van der Waals surface area (Å²) in [5, 5.41) is 7.03. The second-order valence-electron chi connectivity index (χ2n) is 9.18. The van der Waals surface area contributed by atoms with Crippen molar-refractivity contribution in [1.82, 2.24) is 4.57 Å². The van der Waals surface area contributed by atoms with Crippen LogP contribution in [0.5, 0.6) is 0 Å². The average Bonchev–Trinajstić information content (AvgIpc) is 3.22. The average molecular weight is 454 g/mol. The normalized spacial score (nSPS) is 11.9. The fraction of sp³-hybridized carbons (Fsp3) is 0.121. The molecule has 2 heteroatoms. The molecule has 0 spiro atoms. The molecule has 0 bridgehead atoms. The van der Waals surface area contributed by atoms with E-state index in [1.165, 1.54) is 27.2 Å². The molecular formula is C33H27NO. The van der Waals surface area contributed by atoms with Gasteiger partial charge in [-0.15, -0.1) is 0 Å². The zero-order valence-electron chi connectivity index (χ0n) is 19.9. The van der Waals surface area contributed by atoms with Gasteiger partial charge in [0, 0.05) is 33.9 Å². The Balaban J connectivity index is 1.44. The number of carbonyl (C=O) groups excluding carboxylic acids is 1. The van der Waals surface area contributed by atoms with E-state index in [4.69, 9.17) is 0 Å². The van der Waals surface area contributed by atoms with E-state index in [2.05, 4.69) is 102 Å². The number of aromatic nitrogens is 1. The molecule has 170 valence electrons. The molecule has 6 aromatic rings. The number of allylic oxidation sites excluding steroid dienone is 1. The number of para-hydroxylation sites is 1. The highest BCUT2D eigenvalue weighted by molar-refractivity contribution is 6.15. The first-order valence-electron chi connectivity index (χ1n) is 12.4. The topological polar surface area (TPSA) is 22.0 Å². The Bertz CT molecular complexity index is 1700. The van der Waals surface area contributed by atoms with Crippen LogP contribution in [0, 0.1) is 0 Å². The van der Waals surface area contributed by atoms with Crippen molar-refractivity contribution < 1.29 is 4.79 Å². The molecule has 2 nitrogen and oxygen atoms in total. The van der Waals surface area contributed by atoms with Crippen molar-refractivity contribution in [2.45, 2.75) is 26.3 Å². The predicted molar refractivity (Wildman–Crippen MR) is 149 cm³/mol. The molecule has 0 fully saturated rings. The van der Waals surface area contributed by atoms with Gasteiger partial charge in [-0.1, -0.05) is 80.1 Å². The number of carbonyl (C=O) groups is 1. The minimum atomic E-state index is 0.0225. The molecule has 0 saturated heterocycles. The summed E-state index contributed by atoms with van der Waals surface area (Å²) in [6.45, 7) is 3.21. The Morgan fingerprint density at radius 1 is 0.714 bits per heavy atom. The molecule has 0 aliphatic carbocycles. The molecule has 6 rings (SSSR count). The lowest BCUT2D eigenvalue weighted by Gasteiger charge is -2.08. The van der Waals surface area contributed by atoms with Crippen LogP contribution in [0.2, 0.25) is 0 Å². The molecule has 0 N–H and O–H groups in total. The first-order valence-corrected chi connectivity index (χ1v) is 12.4.